The lowest BCUT2D eigenvalue weighted by Gasteiger charge is -2.45. The molecule has 2 amide bonds. The molecule has 8 nitrogen and oxygen atoms in total. The number of urea groups is 1. The molecule has 1 aliphatic heterocycles. The van der Waals surface area contributed by atoms with E-state index in [1.807, 2.05) is 23.1 Å². The van der Waals surface area contributed by atoms with Crippen molar-refractivity contribution >= 4 is 12.3 Å². The number of nitrogens with one attached hydrogen (secondary N) is 1. The standard InChI is InChI=1S/C26H32F3N3O5/c1-35-15-14-32(24(34)30-17-20-6-5-8-22(16-20)36-2)25(19-33)10-12-31(13-11-25)18-21-7-3-4-9-23(21)37-26(27,28)29/h3-9,16,19H,10-15,17-18H2,1-2H3,(H,30,34). The molecule has 0 radical (unpaired) electrons. The van der Waals surface area contributed by atoms with Gasteiger partial charge in [-0.25, -0.2) is 4.79 Å². The van der Waals surface area contributed by atoms with E-state index in [-0.39, 0.29) is 32.0 Å². The van der Waals surface area contributed by atoms with Crippen LogP contribution in [0.3, 0.4) is 0 Å². The largest absolute Gasteiger partial charge is 0.573 e. The Kier molecular flexibility index (Phi) is 9.76. The predicted octanol–water partition coefficient (Wildman–Crippen LogP) is 3.99. The van der Waals surface area contributed by atoms with Crippen molar-refractivity contribution in [2.45, 2.75) is 37.8 Å². The Bertz CT molecular complexity index is 1040. The molecule has 0 aromatic heterocycles. The summed E-state index contributed by atoms with van der Waals surface area (Å²) in [5.41, 5.74) is 0.176. The average Bonchev–Trinajstić information content (AvgIpc) is 2.89. The number of aldehydes is 1. The van der Waals surface area contributed by atoms with Crippen molar-refractivity contribution in [3.05, 3.63) is 59.7 Å². The topological polar surface area (TPSA) is 80.3 Å². The fraction of sp³-hybridized carbons (Fsp3) is 0.462. The third-order valence-corrected chi connectivity index (χ3v) is 6.41. The molecule has 1 fully saturated rings. The summed E-state index contributed by atoms with van der Waals surface area (Å²) < 4.78 is 52.9. The van der Waals surface area contributed by atoms with Crippen LogP contribution in [0.2, 0.25) is 0 Å². The maximum atomic E-state index is 13.2. The van der Waals surface area contributed by atoms with Gasteiger partial charge in [0, 0.05) is 45.4 Å². The van der Waals surface area contributed by atoms with Gasteiger partial charge in [0.15, 0.2) is 0 Å². The van der Waals surface area contributed by atoms with Gasteiger partial charge in [-0.1, -0.05) is 30.3 Å². The summed E-state index contributed by atoms with van der Waals surface area (Å²) >= 11 is 0. The molecule has 2 aromatic rings. The predicted molar refractivity (Wildman–Crippen MR) is 130 cm³/mol. The normalized spacial score (nSPS) is 15.6. The van der Waals surface area contributed by atoms with Gasteiger partial charge in [-0.3, -0.25) is 4.90 Å². The molecule has 3 rings (SSSR count). The number of methoxy groups -OCH3 is 2. The van der Waals surface area contributed by atoms with E-state index in [2.05, 4.69) is 10.1 Å². The Morgan fingerprint density at radius 2 is 1.86 bits per heavy atom. The first-order valence-corrected chi connectivity index (χ1v) is 11.9. The van der Waals surface area contributed by atoms with Crippen LogP contribution in [-0.2, 0) is 22.6 Å². The summed E-state index contributed by atoms with van der Waals surface area (Å²) in [6, 6.07) is 12.9. The van der Waals surface area contributed by atoms with E-state index in [0.29, 0.717) is 37.2 Å². The molecule has 2 aromatic carbocycles. The summed E-state index contributed by atoms with van der Waals surface area (Å²) in [5.74, 6) is 0.419. The Labute approximate surface area is 214 Å². The van der Waals surface area contributed by atoms with Crippen LogP contribution in [0.4, 0.5) is 18.0 Å². The number of amides is 2. The van der Waals surface area contributed by atoms with Gasteiger partial charge >= 0.3 is 12.4 Å². The molecule has 0 aliphatic carbocycles. The molecule has 1 saturated heterocycles. The zero-order valence-corrected chi connectivity index (χ0v) is 20.9. The molecule has 202 valence electrons. The SMILES string of the molecule is COCCN(C(=O)NCc1cccc(OC)c1)C1(C=O)CCN(Cc2ccccc2OC(F)(F)F)CC1. The van der Waals surface area contributed by atoms with Crippen LogP contribution in [0.5, 0.6) is 11.5 Å². The molecule has 1 N–H and O–H groups in total. The fourth-order valence-corrected chi connectivity index (χ4v) is 4.41. The Morgan fingerprint density at radius 1 is 1.14 bits per heavy atom. The summed E-state index contributed by atoms with van der Waals surface area (Å²) in [6.45, 7) is 1.74. The number of hydrogen-bond donors (Lipinski definition) is 1. The van der Waals surface area contributed by atoms with Crippen LogP contribution in [0.25, 0.3) is 0 Å². The number of para-hydroxylation sites is 1. The van der Waals surface area contributed by atoms with Gasteiger partial charge in [0.25, 0.3) is 0 Å². The number of hydrogen-bond acceptors (Lipinski definition) is 6. The molecular formula is C26H32F3N3O5. The highest BCUT2D eigenvalue weighted by molar-refractivity contribution is 5.80. The number of nitrogens with zero attached hydrogens (tertiary/aromatic N) is 2. The molecule has 1 heterocycles. The number of ether oxygens (including phenoxy) is 3. The van der Waals surface area contributed by atoms with E-state index >= 15 is 0 Å². The maximum Gasteiger partial charge on any atom is 0.573 e. The van der Waals surface area contributed by atoms with Crippen LogP contribution in [0, 0.1) is 0 Å². The zero-order chi connectivity index (χ0) is 26.9. The second-order valence-corrected chi connectivity index (χ2v) is 8.81. The fourth-order valence-electron chi connectivity index (χ4n) is 4.41. The molecule has 37 heavy (non-hydrogen) atoms. The minimum atomic E-state index is -4.79. The van der Waals surface area contributed by atoms with Gasteiger partial charge < -0.3 is 29.2 Å². The van der Waals surface area contributed by atoms with Gasteiger partial charge in [0.2, 0.25) is 0 Å². The molecule has 0 bridgehead atoms. The van der Waals surface area contributed by atoms with Gasteiger partial charge in [-0.05, 0) is 36.6 Å². The summed E-state index contributed by atoms with van der Waals surface area (Å²) in [6.07, 6.45) is -3.33. The van der Waals surface area contributed by atoms with Crippen LogP contribution in [0.1, 0.15) is 24.0 Å². The van der Waals surface area contributed by atoms with E-state index in [1.165, 1.54) is 24.1 Å². The molecule has 1 aliphatic rings. The number of likely N-dealkylation sites (tertiary alicyclic amines) is 1. The molecule has 11 heteroatoms. The van der Waals surface area contributed by atoms with E-state index in [0.717, 1.165) is 11.8 Å². The highest BCUT2D eigenvalue weighted by atomic mass is 19.4. The first kappa shape index (κ1) is 28.3. The lowest BCUT2D eigenvalue weighted by atomic mass is 9.86. The zero-order valence-electron chi connectivity index (χ0n) is 20.9. The smallest absolute Gasteiger partial charge is 0.497 e. The summed E-state index contributed by atoms with van der Waals surface area (Å²) in [5, 5.41) is 2.88. The lowest BCUT2D eigenvalue weighted by molar-refractivity contribution is -0.275. The Balaban J connectivity index is 1.68. The van der Waals surface area contributed by atoms with Crippen molar-refractivity contribution < 1.29 is 37.0 Å². The number of carbonyl (C=O) groups excluding carboxylic acids is 2. The van der Waals surface area contributed by atoms with Crippen molar-refractivity contribution in [3.8, 4) is 11.5 Å². The molecular weight excluding hydrogens is 491 g/mol. The number of halogens is 3. The van der Waals surface area contributed by atoms with E-state index in [9.17, 15) is 22.8 Å². The second kappa shape index (κ2) is 12.8. The maximum absolute atomic E-state index is 13.2. The average molecular weight is 524 g/mol. The van der Waals surface area contributed by atoms with E-state index in [1.54, 1.807) is 25.3 Å². The highest BCUT2D eigenvalue weighted by Gasteiger charge is 2.42. The van der Waals surface area contributed by atoms with Gasteiger partial charge in [0.05, 0.1) is 13.7 Å². The van der Waals surface area contributed by atoms with Crippen LogP contribution < -0.4 is 14.8 Å². The first-order valence-electron chi connectivity index (χ1n) is 11.9. The van der Waals surface area contributed by atoms with Gasteiger partial charge in [-0.15, -0.1) is 13.2 Å². The van der Waals surface area contributed by atoms with Crippen LogP contribution in [0.15, 0.2) is 48.5 Å². The van der Waals surface area contributed by atoms with Crippen LogP contribution >= 0.6 is 0 Å². The van der Waals surface area contributed by atoms with Crippen molar-refractivity contribution in [2.75, 3.05) is 40.5 Å². The minimum absolute atomic E-state index is 0.210. The number of rotatable bonds is 11. The molecule has 0 spiro atoms. The molecule has 0 unspecified atom stereocenters. The lowest BCUT2D eigenvalue weighted by Crippen LogP contribution is -2.61. The minimum Gasteiger partial charge on any atom is -0.497 e. The Hall–Kier alpha value is -3.31. The van der Waals surface area contributed by atoms with Crippen molar-refractivity contribution in [3.63, 3.8) is 0 Å². The quantitative estimate of drug-likeness (QED) is 0.449. The van der Waals surface area contributed by atoms with E-state index in [4.69, 9.17) is 9.47 Å². The van der Waals surface area contributed by atoms with Crippen molar-refractivity contribution in [1.82, 2.24) is 15.1 Å². The van der Waals surface area contributed by atoms with Crippen LogP contribution in [-0.4, -0.2) is 74.5 Å². The van der Waals surface area contributed by atoms with Gasteiger partial charge in [0.1, 0.15) is 23.3 Å². The summed E-state index contributed by atoms with van der Waals surface area (Å²) in [7, 11) is 3.08. The third kappa shape index (κ3) is 7.83. The van der Waals surface area contributed by atoms with E-state index < -0.39 is 17.9 Å². The molecule has 0 saturated carbocycles. The Morgan fingerprint density at radius 3 is 2.51 bits per heavy atom. The summed E-state index contributed by atoms with van der Waals surface area (Å²) in [4.78, 5) is 29.1. The van der Waals surface area contributed by atoms with Gasteiger partial charge in [-0.2, -0.15) is 0 Å². The number of alkyl halides is 3. The van der Waals surface area contributed by atoms with Crippen molar-refractivity contribution in [2.24, 2.45) is 0 Å². The first-order chi connectivity index (χ1) is 17.7. The third-order valence-electron chi connectivity index (χ3n) is 6.41. The number of piperidine rings is 1. The number of carbonyl (C=O) groups is 2. The number of benzene rings is 2. The van der Waals surface area contributed by atoms with Crippen molar-refractivity contribution in [1.29, 1.82) is 0 Å². The second-order valence-electron chi connectivity index (χ2n) is 8.81. The molecule has 0 atom stereocenters. The monoisotopic (exact) mass is 523 g/mol. The highest BCUT2D eigenvalue weighted by Crippen LogP contribution is 2.31.